The van der Waals surface area contributed by atoms with Crippen molar-refractivity contribution in [1.29, 1.82) is 0 Å². The van der Waals surface area contributed by atoms with Gasteiger partial charge in [0.15, 0.2) is 0 Å². The summed E-state index contributed by atoms with van der Waals surface area (Å²) in [5.41, 5.74) is 2.77. The Bertz CT molecular complexity index is 682. The van der Waals surface area contributed by atoms with E-state index in [1.165, 1.54) is 5.56 Å². The molecule has 1 aromatic carbocycles. The molecule has 1 amide bonds. The fourth-order valence-electron chi connectivity index (χ4n) is 2.83. The first-order valence-corrected chi connectivity index (χ1v) is 7.51. The van der Waals surface area contributed by atoms with Gasteiger partial charge in [-0.1, -0.05) is 18.2 Å². The highest BCUT2D eigenvalue weighted by Gasteiger charge is 2.23. The SMILES string of the molecule is CN(C)C(=O)c1cccnc1CC1COc2ccccc2C1. The Balaban J connectivity index is 1.79. The normalized spacial score (nSPS) is 16.5. The molecule has 0 aliphatic carbocycles. The largest absolute Gasteiger partial charge is 0.493 e. The van der Waals surface area contributed by atoms with Crippen LogP contribution in [0.4, 0.5) is 0 Å². The van der Waals surface area contributed by atoms with Crippen LogP contribution in [-0.2, 0) is 12.8 Å². The molecule has 3 rings (SSSR count). The lowest BCUT2D eigenvalue weighted by Crippen LogP contribution is -2.27. The summed E-state index contributed by atoms with van der Waals surface area (Å²) in [6.07, 6.45) is 3.46. The molecule has 0 spiro atoms. The lowest BCUT2D eigenvalue weighted by Gasteiger charge is -2.25. The van der Waals surface area contributed by atoms with Gasteiger partial charge in [-0.2, -0.15) is 0 Å². The van der Waals surface area contributed by atoms with Crippen molar-refractivity contribution in [2.75, 3.05) is 20.7 Å². The van der Waals surface area contributed by atoms with Crippen molar-refractivity contribution in [3.63, 3.8) is 0 Å². The summed E-state index contributed by atoms with van der Waals surface area (Å²) in [7, 11) is 3.53. The number of hydrogen-bond acceptors (Lipinski definition) is 3. The summed E-state index contributed by atoms with van der Waals surface area (Å²) < 4.78 is 5.83. The van der Waals surface area contributed by atoms with Crippen LogP contribution in [-0.4, -0.2) is 36.5 Å². The summed E-state index contributed by atoms with van der Waals surface area (Å²) >= 11 is 0. The smallest absolute Gasteiger partial charge is 0.255 e. The second-order valence-corrected chi connectivity index (χ2v) is 5.89. The molecule has 0 saturated carbocycles. The summed E-state index contributed by atoms with van der Waals surface area (Å²) in [5, 5.41) is 0. The molecule has 0 fully saturated rings. The molecule has 0 radical (unpaired) electrons. The van der Waals surface area contributed by atoms with Crippen LogP contribution in [0.2, 0.25) is 0 Å². The first-order chi connectivity index (χ1) is 10.6. The Labute approximate surface area is 130 Å². The zero-order chi connectivity index (χ0) is 15.5. The molecule has 1 atom stereocenters. The zero-order valence-corrected chi connectivity index (χ0v) is 13.0. The van der Waals surface area contributed by atoms with Crippen LogP contribution >= 0.6 is 0 Å². The third-order valence-electron chi connectivity index (χ3n) is 3.96. The van der Waals surface area contributed by atoms with Gasteiger partial charge in [-0.3, -0.25) is 9.78 Å². The minimum atomic E-state index is 0.000211. The number of amides is 1. The molecular weight excluding hydrogens is 276 g/mol. The van der Waals surface area contributed by atoms with Crippen LogP contribution in [0.25, 0.3) is 0 Å². The number of para-hydroxylation sites is 1. The predicted octanol–water partition coefficient (Wildman–Crippen LogP) is 2.58. The first kappa shape index (κ1) is 14.6. The van der Waals surface area contributed by atoms with Gasteiger partial charge in [0.1, 0.15) is 5.75 Å². The molecule has 0 bridgehead atoms. The van der Waals surface area contributed by atoms with E-state index in [9.17, 15) is 4.79 Å². The molecule has 1 aliphatic heterocycles. The molecule has 0 N–H and O–H groups in total. The molecular formula is C18H20N2O2. The molecule has 1 unspecified atom stereocenters. The second kappa shape index (κ2) is 6.18. The molecule has 1 aliphatic rings. The number of pyridine rings is 1. The molecule has 0 saturated heterocycles. The molecule has 2 aromatic rings. The van der Waals surface area contributed by atoms with E-state index < -0.39 is 0 Å². The van der Waals surface area contributed by atoms with Gasteiger partial charge in [-0.15, -0.1) is 0 Å². The monoisotopic (exact) mass is 296 g/mol. The summed E-state index contributed by atoms with van der Waals surface area (Å²) in [6, 6.07) is 11.8. The Kier molecular flexibility index (Phi) is 4.09. The van der Waals surface area contributed by atoms with Crippen LogP contribution in [0.5, 0.6) is 5.75 Å². The summed E-state index contributed by atoms with van der Waals surface area (Å²) in [5.74, 6) is 1.32. The van der Waals surface area contributed by atoms with E-state index in [0.717, 1.165) is 24.3 Å². The summed E-state index contributed by atoms with van der Waals surface area (Å²) in [4.78, 5) is 18.3. The predicted molar refractivity (Wildman–Crippen MR) is 85.1 cm³/mol. The third kappa shape index (κ3) is 2.96. The number of ether oxygens (including phenoxy) is 1. The maximum Gasteiger partial charge on any atom is 0.255 e. The quantitative estimate of drug-likeness (QED) is 0.874. The molecule has 1 aromatic heterocycles. The van der Waals surface area contributed by atoms with E-state index >= 15 is 0 Å². The van der Waals surface area contributed by atoms with Crippen molar-refractivity contribution in [2.24, 2.45) is 5.92 Å². The van der Waals surface area contributed by atoms with Gasteiger partial charge in [-0.25, -0.2) is 0 Å². The lowest BCUT2D eigenvalue weighted by atomic mass is 9.91. The van der Waals surface area contributed by atoms with Gasteiger partial charge >= 0.3 is 0 Å². The third-order valence-corrected chi connectivity index (χ3v) is 3.96. The number of carbonyl (C=O) groups excluding carboxylic acids is 1. The van der Waals surface area contributed by atoms with Crippen molar-refractivity contribution in [2.45, 2.75) is 12.8 Å². The van der Waals surface area contributed by atoms with Gasteiger partial charge in [0.2, 0.25) is 0 Å². The van der Waals surface area contributed by atoms with Gasteiger partial charge in [0.25, 0.3) is 5.91 Å². The van der Waals surface area contributed by atoms with E-state index in [2.05, 4.69) is 11.1 Å². The Morgan fingerprint density at radius 3 is 2.91 bits per heavy atom. The van der Waals surface area contributed by atoms with Crippen LogP contribution in [0.15, 0.2) is 42.6 Å². The minimum absolute atomic E-state index is 0.000211. The van der Waals surface area contributed by atoms with Gasteiger partial charge in [-0.05, 0) is 36.6 Å². The maximum atomic E-state index is 12.3. The number of fused-ring (bicyclic) bond motifs is 1. The second-order valence-electron chi connectivity index (χ2n) is 5.89. The first-order valence-electron chi connectivity index (χ1n) is 7.51. The fraction of sp³-hybridized carbons (Fsp3) is 0.333. The molecule has 4 heteroatoms. The average molecular weight is 296 g/mol. The van der Waals surface area contributed by atoms with Crippen molar-refractivity contribution in [3.8, 4) is 5.75 Å². The Hall–Kier alpha value is -2.36. The highest BCUT2D eigenvalue weighted by atomic mass is 16.5. The topological polar surface area (TPSA) is 42.4 Å². The number of rotatable bonds is 3. The van der Waals surface area contributed by atoms with Gasteiger partial charge in [0.05, 0.1) is 17.9 Å². The van der Waals surface area contributed by atoms with Crippen LogP contribution in [0.3, 0.4) is 0 Å². The number of aromatic nitrogens is 1. The minimum Gasteiger partial charge on any atom is -0.493 e. The Morgan fingerprint density at radius 1 is 1.27 bits per heavy atom. The highest BCUT2D eigenvalue weighted by molar-refractivity contribution is 5.94. The maximum absolute atomic E-state index is 12.3. The average Bonchev–Trinajstić information content (AvgIpc) is 2.54. The van der Waals surface area contributed by atoms with E-state index in [1.807, 2.05) is 30.3 Å². The molecule has 4 nitrogen and oxygen atoms in total. The Morgan fingerprint density at radius 2 is 2.09 bits per heavy atom. The molecule has 22 heavy (non-hydrogen) atoms. The number of hydrogen-bond donors (Lipinski definition) is 0. The van der Waals surface area contributed by atoms with Crippen molar-refractivity contribution >= 4 is 5.91 Å². The lowest BCUT2D eigenvalue weighted by molar-refractivity contribution is 0.0825. The van der Waals surface area contributed by atoms with E-state index in [0.29, 0.717) is 18.1 Å². The van der Waals surface area contributed by atoms with Gasteiger partial charge < -0.3 is 9.64 Å². The van der Waals surface area contributed by atoms with Crippen molar-refractivity contribution in [3.05, 3.63) is 59.4 Å². The van der Waals surface area contributed by atoms with Crippen molar-refractivity contribution in [1.82, 2.24) is 9.88 Å². The standard InChI is InChI=1S/C18H20N2O2/c1-20(2)18(21)15-7-5-9-19-16(15)11-13-10-14-6-3-4-8-17(14)22-12-13/h3-9,13H,10-12H2,1-2H3. The van der Waals surface area contributed by atoms with E-state index in [4.69, 9.17) is 4.74 Å². The van der Waals surface area contributed by atoms with Crippen LogP contribution in [0, 0.1) is 5.92 Å². The summed E-state index contributed by atoms with van der Waals surface area (Å²) in [6.45, 7) is 0.670. The fourth-order valence-corrected chi connectivity index (χ4v) is 2.83. The zero-order valence-electron chi connectivity index (χ0n) is 13.0. The van der Waals surface area contributed by atoms with Crippen LogP contribution < -0.4 is 4.74 Å². The van der Waals surface area contributed by atoms with Crippen molar-refractivity contribution < 1.29 is 9.53 Å². The number of benzene rings is 1. The van der Waals surface area contributed by atoms with E-state index in [-0.39, 0.29) is 5.91 Å². The number of nitrogens with zero attached hydrogens (tertiary/aromatic N) is 2. The van der Waals surface area contributed by atoms with Gasteiger partial charge in [0, 0.05) is 26.2 Å². The van der Waals surface area contributed by atoms with Crippen LogP contribution in [0.1, 0.15) is 21.6 Å². The van der Waals surface area contributed by atoms with E-state index in [1.54, 1.807) is 25.2 Å². The molecule has 114 valence electrons. The number of carbonyl (C=O) groups is 1. The highest BCUT2D eigenvalue weighted by Crippen LogP contribution is 2.28. The molecule has 2 heterocycles.